The fourth-order valence-corrected chi connectivity index (χ4v) is 5.04. The standard InChI is InChI=1S/C18H13N5O2S2/c1-11-2-3-14(17-16(11)13(8-19)9-21-17)23-27(24,25)18-22-10-15(26-18)12-4-6-20-7-5-12/h2-7,9-10,21,23H,1H3. The van der Waals surface area contributed by atoms with Crippen LogP contribution in [0.15, 0.2) is 53.4 Å². The molecule has 2 N–H and O–H groups in total. The summed E-state index contributed by atoms with van der Waals surface area (Å²) in [5.41, 5.74) is 3.15. The molecule has 9 heteroatoms. The smallest absolute Gasteiger partial charge is 0.289 e. The van der Waals surface area contributed by atoms with Gasteiger partial charge in [0.05, 0.1) is 21.6 Å². The molecule has 27 heavy (non-hydrogen) atoms. The molecule has 0 saturated carbocycles. The highest BCUT2D eigenvalue weighted by molar-refractivity contribution is 7.94. The predicted molar refractivity (Wildman–Crippen MR) is 104 cm³/mol. The first kappa shape index (κ1) is 17.2. The number of sulfonamides is 1. The molecule has 0 unspecified atom stereocenters. The summed E-state index contributed by atoms with van der Waals surface area (Å²) in [4.78, 5) is 11.7. The molecule has 0 amide bonds. The Kier molecular flexibility index (Phi) is 4.14. The average Bonchev–Trinajstić information content (AvgIpc) is 3.32. The molecule has 3 aromatic heterocycles. The number of rotatable bonds is 4. The SMILES string of the molecule is Cc1ccc(NS(=O)(=O)c2ncc(-c3ccncc3)s2)c2[nH]cc(C#N)c12. The summed E-state index contributed by atoms with van der Waals surface area (Å²) in [6.07, 6.45) is 6.38. The number of benzene rings is 1. The van der Waals surface area contributed by atoms with Gasteiger partial charge in [0.15, 0.2) is 0 Å². The third kappa shape index (κ3) is 3.05. The number of nitrogens with one attached hydrogen (secondary N) is 2. The largest absolute Gasteiger partial charge is 0.358 e. The second-order valence-electron chi connectivity index (χ2n) is 5.83. The van der Waals surface area contributed by atoms with E-state index < -0.39 is 10.0 Å². The van der Waals surface area contributed by atoms with Gasteiger partial charge in [-0.1, -0.05) is 6.07 Å². The first-order chi connectivity index (χ1) is 13.0. The van der Waals surface area contributed by atoms with Crippen LogP contribution in [-0.2, 0) is 10.0 Å². The Hall–Kier alpha value is -3.22. The van der Waals surface area contributed by atoms with Crippen molar-refractivity contribution in [3.05, 3.63) is 60.2 Å². The van der Waals surface area contributed by atoms with E-state index in [0.717, 1.165) is 27.3 Å². The van der Waals surface area contributed by atoms with Gasteiger partial charge < -0.3 is 4.98 Å². The molecule has 0 aliphatic rings. The molecule has 0 fully saturated rings. The van der Waals surface area contributed by atoms with Crippen LogP contribution < -0.4 is 4.72 Å². The summed E-state index contributed by atoms with van der Waals surface area (Å²) in [6, 6.07) is 9.15. The Morgan fingerprint density at radius 1 is 1.22 bits per heavy atom. The highest BCUT2D eigenvalue weighted by Crippen LogP contribution is 2.32. The Balaban J connectivity index is 1.72. The second kappa shape index (κ2) is 6.50. The Morgan fingerprint density at radius 3 is 2.74 bits per heavy atom. The third-order valence-electron chi connectivity index (χ3n) is 4.09. The first-order valence-corrected chi connectivity index (χ1v) is 10.2. The number of hydrogen-bond donors (Lipinski definition) is 2. The first-order valence-electron chi connectivity index (χ1n) is 7.89. The topological polar surface area (TPSA) is 112 Å². The molecule has 0 aliphatic carbocycles. The third-order valence-corrected chi connectivity index (χ3v) is 6.89. The zero-order valence-electron chi connectivity index (χ0n) is 14.1. The molecule has 134 valence electrons. The molecular formula is C18H13N5O2S2. The van der Waals surface area contributed by atoms with Crippen molar-refractivity contribution < 1.29 is 8.42 Å². The molecule has 1 aromatic carbocycles. The molecule has 4 aromatic rings. The van der Waals surface area contributed by atoms with E-state index >= 15 is 0 Å². The van der Waals surface area contributed by atoms with Crippen molar-refractivity contribution in [2.24, 2.45) is 0 Å². The van der Waals surface area contributed by atoms with Gasteiger partial charge in [-0.15, -0.1) is 11.3 Å². The van der Waals surface area contributed by atoms with Gasteiger partial charge in [0.1, 0.15) is 6.07 Å². The van der Waals surface area contributed by atoms with Crippen LogP contribution in [0.5, 0.6) is 0 Å². The van der Waals surface area contributed by atoms with Crippen molar-refractivity contribution in [3.63, 3.8) is 0 Å². The fraction of sp³-hybridized carbons (Fsp3) is 0.0556. The number of fused-ring (bicyclic) bond motifs is 1. The number of aryl methyl sites for hydroxylation is 1. The lowest BCUT2D eigenvalue weighted by Crippen LogP contribution is -2.13. The van der Waals surface area contributed by atoms with Crippen LogP contribution in [0.1, 0.15) is 11.1 Å². The number of aromatic nitrogens is 3. The van der Waals surface area contributed by atoms with Gasteiger partial charge in [-0.2, -0.15) is 13.7 Å². The summed E-state index contributed by atoms with van der Waals surface area (Å²) in [6.45, 7) is 1.87. The number of hydrogen-bond acceptors (Lipinski definition) is 6. The monoisotopic (exact) mass is 395 g/mol. The lowest BCUT2D eigenvalue weighted by molar-refractivity contribution is 0.600. The number of H-pyrrole nitrogens is 1. The van der Waals surface area contributed by atoms with E-state index in [-0.39, 0.29) is 4.34 Å². The lowest BCUT2D eigenvalue weighted by atomic mass is 10.1. The highest BCUT2D eigenvalue weighted by Gasteiger charge is 2.21. The molecule has 0 bridgehead atoms. The number of pyridine rings is 1. The van der Waals surface area contributed by atoms with E-state index in [1.165, 1.54) is 6.20 Å². The summed E-state index contributed by atoms with van der Waals surface area (Å²) < 4.78 is 28.1. The molecule has 4 rings (SSSR count). The molecule has 0 radical (unpaired) electrons. The van der Waals surface area contributed by atoms with E-state index in [1.807, 2.05) is 6.92 Å². The number of aromatic amines is 1. The van der Waals surface area contributed by atoms with E-state index in [4.69, 9.17) is 0 Å². The maximum Gasteiger partial charge on any atom is 0.289 e. The van der Waals surface area contributed by atoms with Gasteiger partial charge in [-0.05, 0) is 36.2 Å². The predicted octanol–water partition coefficient (Wildman–Crippen LogP) is 3.67. The summed E-state index contributed by atoms with van der Waals surface area (Å²) >= 11 is 1.08. The fourth-order valence-electron chi connectivity index (χ4n) is 2.81. The van der Waals surface area contributed by atoms with Crippen molar-refractivity contribution in [2.45, 2.75) is 11.3 Å². The molecule has 7 nitrogen and oxygen atoms in total. The molecule has 3 heterocycles. The minimum atomic E-state index is -3.86. The van der Waals surface area contributed by atoms with E-state index in [9.17, 15) is 13.7 Å². The minimum absolute atomic E-state index is 0.0323. The Morgan fingerprint density at radius 2 is 2.00 bits per heavy atom. The maximum absolute atomic E-state index is 12.8. The highest BCUT2D eigenvalue weighted by atomic mass is 32.2. The Bertz CT molecular complexity index is 1280. The molecule has 0 spiro atoms. The van der Waals surface area contributed by atoms with Gasteiger partial charge >= 0.3 is 0 Å². The quantitative estimate of drug-likeness (QED) is 0.548. The van der Waals surface area contributed by atoms with Crippen LogP contribution in [-0.4, -0.2) is 23.4 Å². The summed E-state index contributed by atoms with van der Waals surface area (Å²) in [5, 5.41) is 9.94. The number of nitrogens with zero attached hydrogens (tertiary/aromatic N) is 3. The lowest BCUT2D eigenvalue weighted by Gasteiger charge is -2.08. The summed E-state index contributed by atoms with van der Waals surface area (Å²) in [7, 11) is -3.86. The molecule has 0 saturated heterocycles. The zero-order valence-corrected chi connectivity index (χ0v) is 15.7. The molecule has 0 atom stereocenters. The summed E-state index contributed by atoms with van der Waals surface area (Å²) in [5.74, 6) is 0. The number of anilines is 1. The van der Waals surface area contributed by atoms with Crippen molar-refractivity contribution in [2.75, 3.05) is 4.72 Å². The van der Waals surface area contributed by atoms with Crippen LogP contribution in [0, 0.1) is 18.3 Å². The molecule has 0 aliphatic heterocycles. The minimum Gasteiger partial charge on any atom is -0.358 e. The molecular weight excluding hydrogens is 382 g/mol. The Labute approximate surface area is 159 Å². The average molecular weight is 395 g/mol. The van der Waals surface area contributed by atoms with Crippen LogP contribution in [0.3, 0.4) is 0 Å². The second-order valence-corrected chi connectivity index (χ2v) is 8.71. The van der Waals surface area contributed by atoms with Gasteiger partial charge in [0.25, 0.3) is 10.0 Å². The van der Waals surface area contributed by atoms with Crippen molar-refractivity contribution in [1.29, 1.82) is 5.26 Å². The van der Waals surface area contributed by atoms with Gasteiger partial charge in [0, 0.05) is 30.2 Å². The number of thiazole rings is 1. The van der Waals surface area contributed by atoms with E-state index in [2.05, 4.69) is 25.7 Å². The van der Waals surface area contributed by atoms with Gasteiger partial charge in [0.2, 0.25) is 4.34 Å². The van der Waals surface area contributed by atoms with Crippen LogP contribution in [0.4, 0.5) is 5.69 Å². The van der Waals surface area contributed by atoms with Crippen LogP contribution in [0.2, 0.25) is 0 Å². The van der Waals surface area contributed by atoms with Crippen LogP contribution >= 0.6 is 11.3 Å². The van der Waals surface area contributed by atoms with Crippen LogP contribution in [0.25, 0.3) is 21.3 Å². The van der Waals surface area contributed by atoms with Crippen molar-refractivity contribution >= 4 is 38.0 Å². The van der Waals surface area contributed by atoms with E-state index in [1.54, 1.807) is 42.9 Å². The van der Waals surface area contributed by atoms with Gasteiger partial charge in [-0.25, -0.2) is 4.98 Å². The van der Waals surface area contributed by atoms with E-state index in [0.29, 0.717) is 22.2 Å². The zero-order chi connectivity index (χ0) is 19.0. The van der Waals surface area contributed by atoms with Crippen molar-refractivity contribution in [1.82, 2.24) is 15.0 Å². The normalized spacial score (nSPS) is 11.4. The number of nitriles is 1. The maximum atomic E-state index is 12.8. The van der Waals surface area contributed by atoms with Gasteiger partial charge in [-0.3, -0.25) is 9.71 Å². The van der Waals surface area contributed by atoms with Crippen molar-refractivity contribution in [3.8, 4) is 16.5 Å².